The van der Waals surface area contributed by atoms with Gasteiger partial charge in [0.05, 0.1) is 23.7 Å². The van der Waals surface area contributed by atoms with Crippen molar-refractivity contribution in [2.75, 3.05) is 12.4 Å². The summed E-state index contributed by atoms with van der Waals surface area (Å²) in [4.78, 5) is 8.41. The van der Waals surface area contributed by atoms with Gasteiger partial charge in [0.1, 0.15) is 12.1 Å². The molecular weight excluding hydrogens is 218 g/mol. The van der Waals surface area contributed by atoms with Crippen LogP contribution >= 0.6 is 0 Å². The van der Waals surface area contributed by atoms with E-state index in [4.69, 9.17) is 0 Å². The zero-order valence-electron chi connectivity index (χ0n) is 9.67. The van der Waals surface area contributed by atoms with Gasteiger partial charge in [0.15, 0.2) is 5.65 Å². The van der Waals surface area contributed by atoms with E-state index in [2.05, 4.69) is 20.4 Å². The average Bonchev–Trinajstić information content (AvgIpc) is 2.94. The van der Waals surface area contributed by atoms with Crippen molar-refractivity contribution in [1.82, 2.24) is 19.7 Å². The third-order valence-electron chi connectivity index (χ3n) is 3.39. The van der Waals surface area contributed by atoms with Crippen molar-refractivity contribution in [2.45, 2.75) is 31.4 Å². The largest absolute Gasteiger partial charge is 0.391 e. The highest BCUT2D eigenvalue weighted by Crippen LogP contribution is 2.32. The van der Waals surface area contributed by atoms with Crippen LogP contribution in [0.3, 0.4) is 0 Å². The summed E-state index contributed by atoms with van der Waals surface area (Å²) in [5.41, 5.74) is 0.787. The van der Waals surface area contributed by atoms with Gasteiger partial charge in [0.25, 0.3) is 0 Å². The minimum atomic E-state index is -0.314. The number of aliphatic hydroxyl groups is 1. The van der Waals surface area contributed by atoms with Gasteiger partial charge in [-0.2, -0.15) is 5.10 Å². The molecule has 1 saturated carbocycles. The Morgan fingerprint density at radius 3 is 3.00 bits per heavy atom. The van der Waals surface area contributed by atoms with E-state index in [1.54, 1.807) is 6.20 Å². The van der Waals surface area contributed by atoms with Gasteiger partial charge in [-0.15, -0.1) is 0 Å². The first-order chi connectivity index (χ1) is 8.31. The normalized spacial score (nSPS) is 24.4. The van der Waals surface area contributed by atoms with Crippen LogP contribution in [0.5, 0.6) is 0 Å². The van der Waals surface area contributed by atoms with Gasteiger partial charge in [0, 0.05) is 7.05 Å². The molecule has 0 spiro atoms. The van der Waals surface area contributed by atoms with Crippen LogP contribution < -0.4 is 5.32 Å². The Morgan fingerprint density at radius 1 is 1.41 bits per heavy atom. The number of aliphatic hydroxyl groups excluding tert-OH is 1. The number of anilines is 1. The van der Waals surface area contributed by atoms with E-state index in [0.29, 0.717) is 0 Å². The lowest BCUT2D eigenvalue weighted by Gasteiger charge is -2.15. The van der Waals surface area contributed by atoms with Crippen LogP contribution in [0, 0.1) is 0 Å². The number of fused-ring (bicyclic) bond motifs is 1. The molecule has 0 aromatic carbocycles. The molecule has 2 unspecified atom stereocenters. The Labute approximate surface area is 98.7 Å². The maximum Gasteiger partial charge on any atom is 0.163 e. The Hall–Kier alpha value is -1.69. The zero-order chi connectivity index (χ0) is 11.8. The fourth-order valence-electron chi connectivity index (χ4n) is 2.51. The van der Waals surface area contributed by atoms with Crippen molar-refractivity contribution in [2.24, 2.45) is 0 Å². The topological polar surface area (TPSA) is 75.9 Å². The second-order valence-corrected chi connectivity index (χ2v) is 4.36. The molecule has 2 heterocycles. The molecule has 6 nitrogen and oxygen atoms in total. The van der Waals surface area contributed by atoms with Crippen molar-refractivity contribution in [3.05, 3.63) is 12.5 Å². The molecule has 2 atom stereocenters. The fourth-order valence-corrected chi connectivity index (χ4v) is 2.51. The molecule has 2 aromatic heterocycles. The predicted octanol–water partition coefficient (Wildman–Crippen LogP) is 0.954. The summed E-state index contributed by atoms with van der Waals surface area (Å²) in [6, 6.07) is 0.0482. The van der Waals surface area contributed by atoms with E-state index in [9.17, 15) is 5.11 Å². The Balaban J connectivity index is 2.12. The molecule has 6 heteroatoms. The number of rotatable bonds is 2. The molecule has 0 radical (unpaired) electrons. The summed E-state index contributed by atoms with van der Waals surface area (Å²) in [6.45, 7) is 0. The van der Waals surface area contributed by atoms with E-state index in [1.807, 2.05) is 11.7 Å². The highest BCUT2D eigenvalue weighted by molar-refractivity contribution is 5.85. The van der Waals surface area contributed by atoms with Gasteiger partial charge in [-0.05, 0) is 19.3 Å². The molecule has 0 amide bonds. The minimum absolute atomic E-state index is 0.0482. The zero-order valence-corrected chi connectivity index (χ0v) is 9.67. The van der Waals surface area contributed by atoms with Gasteiger partial charge >= 0.3 is 0 Å². The molecule has 2 N–H and O–H groups in total. The quantitative estimate of drug-likeness (QED) is 0.807. The van der Waals surface area contributed by atoms with Crippen LogP contribution in [0.1, 0.15) is 25.3 Å². The Kier molecular flexibility index (Phi) is 2.44. The van der Waals surface area contributed by atoms with Gasteiger partial charge < -0.3 is 10.4 Å². The van der Waals surface area contributed by atoms with E-state index in [0.717, 1.165) is 36.1 Å². The predicted molar refractivity (Wildman–Crippen MR) is 63.8 cm³/mol. The monoisotopic (exact) mass is 233 g/mol. The van der Waals surface area contributed by atoms with Crippen molar-refractivity contribution in [1.29, 1.82) is 0 Å². The minimum Gasteiger partial charge on any atom is -0.391 e. The third-order valence-corrected chi connectivity index (χ3v) is 3.39. The van der Waals surface area contributed by atoms with Crippen LogP contribution in [0.25, 0.3) is 11.0 Å². The lowest BCUT2D eigenvalue weighted by atomic mass is 10.2. The highest BCUT2D eigenvalue weighted by Gasteiger charge is 2.29. The summed E-state index contributed by atoms with van der Waals surface area (Å²) in [5, 5.41) is 18.2. The smallest absolute Gasteiger partial charge is 0.163 e. The average molecular weight is 233 g/mol. The standard InChI is InChI=1S/C11H15N5O/c1-12-10-7-5-15-16(11(7)14-6-13-10)8-3-2-4-9(8)17/h5-6,8-9,17H,2-4H2,1H3,(H,12,13,14). The van der Waals surface area contributed by atoms with Crippen LogP contribution in [-0.4, -0.2) is 38.0 Å². The maximum atomic E-state index is 9.93. The summed E-state index contributed by atoms with van der Waals surface area (Å²) >= 11 is 0. The number of nitrogens with zero attached hydrogens (tertiary/aromatic N) is 4. The highest BCUT2D eigenvalue weighted by atomic mass is 16.3. The molecular formula is C11H15N5O. The first-order valence-electron chi connectivity index (χ1n) is 5.85. The third kappa shape index (κ3) is 1.56. The van der Waals surface area contributed by atoms with Gasteiger partial charge in [-0.1, -0.05) is 0 Å². The molecule has 17 heavy (non-hydrogen) atoms. The maximum absolute atomic E-state index is 9.93. The van der Waals surface area contributed by atoms with Gasteiger partial charge in [0.2, 0.25) is 0 Å². The van der Waals surface area contributed by atoms with Gasteiger partial charge in [-0.25, -0.2) is 14.6 Å². The summed E-state index contributed by atoms with van der Waals surface area (Å²) in [7, 11) is 1.82. The molecule has 90 valence electrons. The fraction of sp³-hybridized carbons (Fsp3) is 0.545. The number of aromatic nitrogens is 4. The summed E-state index contributed by atoms with van der Waals surface area (Å²) < 4.78 is 1.83. The molecule has 0 aliphatic heterocycles. The van der Waals surface area contributed by atoms with Gasteiger partial charge in [-0.3, -0.25) is 0 Å². The summed E-state index contributed by atoms with van der Waals surface area (Å²) in [6.07, 6.45) is 5.80. The van der Waals surface area contributed by atoms with Crippen molar-refractivity contribution < 1.29 is 5.11 Å². The van der Waals surface area contributed by atoms with Crippen LogP contribution in [-0.2, 0) is 0 Å². The van der Waals surface area contributed by atoms with Crippen molar-refractivity contribution >= 4 is 16.9 Å². The van der Waals surface area contributed by atoms with Crippen LogP contribution in [0.15, 0.2) is 12.5 Å². The molecule has 3 rings (SSSR count). The molecule has 2 aromatic rings. The molecule has 1 aliphatic rings. The molecule has 1 fully saturated rings. The number of nitrogens with one attached hydrogen (secondary N) is 1. The van der Waals surface area contributed by atoms with E-state index < -0.39 is 0 Å². The molecule has 0 bridgehead atoms. The second-order valence-electron chi connectivity index (χ2n) is 4.36. The molecule has 0 saturated heterocycles. The number of hydrogen-bond acceptors (Lipinski definition) is 5. The van der Waals surface area contributed by atoms with Crippen LogP contribution in [0.2, 0.25) is 0 Å². The lowest BCUT2D eigenvalue weighted by molar-refractivity contribution is 0.132. The lowest BCUT2D eigenvalue weighted by Crippen LogP contribution is -2.19. The van der Waals surface area contributed by atoms with E-state index in [-0.39, 0.29) is 12.1 Å². The first kappa shape index (κ1) is 10.5. The van der Waals surface area contributed by atoms with E-state index >= 15 is 0 Å². The number of hydrogen-bond donors (Lipinski definition) is 2. The van der Waals surface area contributed by atoms with Crippen LogP contribution in [0.4, 0.5) is 5.82 Å². The van der Waals surface area contributed by atoms with E-state index in [1.165, 1.54) is 6.33 Å². The summed E-state index contributed by atoms with van der Waals surface area (Å²) in [5.74, 6) is 0.772. The molecule has 1 aliphatic carbocycles. The Morgan fingerprint density at radius 2 is 2.29 bits per heavy atom. The van der Waals surface area contributed by atoms with Crippen molar-refractivity contribution in [3.63, 3.8) is 0 Å². The SMILES string of the molecule is CNc1ncnc2c1cnn2C1CCCC1O. The first-order valence-corrected chi connectivity index (χ1v) is 5.85. The van der Waals surface area contributed by atoms with Crippen molar-refractivity contribution in [3.8, 4) is 0 Å². The second kappa shape index (κ2) is 3.96. The Bertz CT molecular complexity index is 538.